The van der Waals surface area contributed by atoms with Gasteiger partial charge in [-0.05, 0) is 37.6 Å². The largest absolute Gasteiger partial charge is 0.464 e. The van der Waals surface area contributed by atoms with Crippen LogP contribution in [0.25, 0.3) is 11.1 Å². The summed E-state index contributed by atoms with van der Waals surface area (Å²) in [6.45, 7) is 2.73. The molecule has 0 bridgehead atoms. The van der Waals surface area contributed by atoms with Crippen molar-refractivity contribution in [2.45, 2.75) is 19.4 Å². The van der Waals surface area contributed by atoms with Crippen molar-refractivity contribution in [3.05, 3.63) is 53.1 Å². The van der Waals surface area contributed by atoms with Gasteiger partial charge in [0, 0.05) is 5.56 Å². The summed E-state index contributed by atoms with van der Waals surface area (Å²) < 4.78 is 46.6. The summed E-state index contributed by atoms with van der Waals surface area (Å²) in [5.41, 5.74) is -2.87. The van der Waals surface area contributed by atoms with E-state index >= 15 is 0 Å². The van der Waals surface area contributed by atoms with Gasteiger partial charge in [-0.1, -0.05) is 0 Å². The number of carbonyl (C=O) groups is 1. The zero-order valence-corrected chi connectivity index (χ0v) is 12.7. The molecule has 0 saturated carbocycles. The van der Waals surface area contributed by atoms with Gasteiger partial charge < -0.3 is 9.84 Å². The van der Waals surface area contributed by atoms with Crippen LogP contribution in [-0.2, 0) is 10.3 Å². The molecule has 1 aromatic carbocycles. The van der Waals surface area contributed by atoms with Crippen molar-refractivity contribution in [1.29, 1.82) is 0 Å². The Bertz CT molecular complexity index is 747. The summed E-state index contributed by atoms with van der Waals surface area (Å²) in [5, 5.41) is 9.84. The number of benzene rings is 1. The molecule has 0 saturated heterocycles. The van der Waals surface area contributed by atoms with Crippen LogP contribution in [-0.4, -0.2) is 23.2 Å². The van der Waals surface area contributed by atoms with Crippen LogP contribution in [0.2, 0.25) is 0 Å². The summed E-state index contributed by atoms with van der Waals surface area (Å²) >= 11 is 0. The summed E-state index contributed by atoms with van der Waals surface area (Å²) in [5.74, 6) is -3.93. The Hall–Kier alpha value is -2.41. The third kappa shape index (κ3) is 3.34. The number of ether oxygens (including phenoxy) is 1. The quantitative estimate of drug-likeness (QED) is 0.881. The highest BCUT2D eigenvalue weighted by Gasteiger charge is 2.25. The Labute approximate surface area is 130 Å². The predicted molar refractivity (Wildman–Crippen MR) is 76.1 cm³/mol. The maximum atomic E-state index is 14.4. The number of hydrogen-bond acceptors (Lipinski definition) is 4. The van der Waals surface area contributed by atoms with E-state index in [1.165, 1.54) is 13.8 Å². The Balaban J connectivity index is 2.73. The minimum atomic E-state index is -1.47. The first-order valence-corrected chi connectivity index (χ1v) is 6.61. The van der Waals surface area contributed by atoms with E-state index in [1.54, 1.807) is 0 Å². The molecule has 2 aromatic rings. The van der Waals surface area contributed by atoms with Crippen LogP contribution < -0.4 is 0 Å². The van der Waals surface area contributed by atoms with Gasteiger partial charge in [-0.15, -0.1) is 0 Å². The summed E-state index contributed by atoms with van der Waals surface area (Å²) in [4.78, 5) is 15.2. The number of rotatable bonds is 3. The van der Waals surface area contributed by atoms with Gasteiger partial charge in [0.25, 0.3) is 0 Å². The lowest BCUT2D eigenvalue weighted by molar-refractivity contribution is 0.0594. The molecule has 0 amide bonds. The second-order valence-corrected chi connectivity index (χ2v) is 5.42. The standard InChI is InChI=1S/C16H14F3NO3/c1-16(2,22)8-4-11(18)13(12(19)5-8)10-6-9(17)7-20-14(10)15(21)23-3/h4-7,22H,1-3H3. The molecular formula is C16H14F3NO3. The molecular weight excluding hydrogens is 311 g/mol. The molecule has 23 heavy (non-hydrogen) atoms. The van der Waals surface area contributed by atoms with Gasteiger partial charge in [0.15, 0.2) is 5.69 Å². The fourth-order valence-electron chi connectivity index (χ4n) is 2.07. The predicted octanol–water partition coefficient (Wildman–Crippen LogP) is 3.18. The van der Waals surface area contributed by atoms with Gasteiger partial charge in [0.2, 0.25) is 0 Å². The maximum absolute atomic E-state index is 14.4. The number of aromatic nitrogens is 1. The normalized spacial score (nSPS) is 11.4. The first kappa shape index (κ1) is 17.0. The summed E-state index contributed by atoms with van der Waals surface area (Å²) in [6.07, 6.45) is 0.747. The fourth-order valence-corrected chi connectivity index (χ4v) is 2.07. The van der Waals surface area contributed by atoms with E-state index in [0.29, 0.717) is 0 Å². The van der Waals surface area contributed by atoms with Crippen molar-refractivity contribution >= 4 is 5.97 Å². The summed E-state index contributed by atoms with van der Waals surface area (Å²) in [6, 6.07) is 2.64. The lowest BCUT2D eigenvalue weighted by Gasteiger charge is -2.19. The Morgan fingerprint density at radius 2 is 1.74 bits per heavy atom. The van der Waals surface area contributed by atoms with Gasteiger partial charge in [-0.2, -0.15) is 0 Å². The molecule has 0 radical (unpaired) electrons. The number of nitrogens with zero attached hydrogens (tertiary/aromatic N) is 1. The average molecular weight is 325 g/mol. The van der Waals surface area contributed by atoms with E-state index in [4.69, 9.17) is 0 Å². The van der Waals surface area contributed by atoms with Crippen molar-refractivity contribution in [2.75, 3.05) is 7.11 Å². The van der Waals surface area contributed by atoms with Crippen molar-refractivity contribution in [3.8, 4) is 11.1 Å². The zero-order valence-electron chi connectivity index (χ0n) is 12.7. The zero-order chi connectivity index (χ0) is 17.4. The number of aliphatic hydroxyl groups is 1. The Morgan fingerprint density at radius 1 is 1.17 bits per heavy atom. The number of halogens is 3. The van der Waals surface area contributed by atoms with Gasteiger partial charge in [-0.25, -0.2) is 22.9 Å². The lowest BCUT2D eigenvalue weighted by atomic mass is 9.94. The third-order valence-electron chi connectivity index (χ3n) is 3.25. The molecule has 2 rings (SSSR count). The molecule has 0 aliphatic carbocycles. The number of carbonyl (C=O) groups excluding carboxylic acids is 1. The van der Waals surface area contributed by atoms with Crippen molar-refractivity contribution in [3.63, 3.8) is 0 Å². The van der Waals surface area contributed by atoms with Crippen molar-refractivity contribution < 1.29 is 27.8 Å². The van der Waals surface area contributed by atoms with Crippen LogP contribution >= 0.6 is 0 Å². The van der Waals surface area contributed by atoms with Crippen molar-refractivity contribution in [1.82, 2.24) is 4.98 Å². The molecule has 0 spiro atoms. The minimum absolute atomic E-state index is 0.000213. The fraction of sp³-hybridized carbons (Fsp3) is 0.250. The van der Waals surface area contributed by atoms with Gasteiger partial charge in [-0.3, -0.25) is 0 Å². The molecule has 1 N–H and O–H groups in total. The van der Waals surface area contributed by atoms with E-state index in [9.17, 15) is 23.1 Å². The Kier molecular flexibility index (Phi) is 4.42. The van der Waals surface area contributed by atoms with Crippen molar-refractivity contribution in [2.24, 2.45) is 0 Å². The molecule has 0 aliphatic heterocycles. The van der Waals surface area contributed by atoms with E-state index in [0.717, 1.165) is 31.5 Å². The van der Waals surface area contributed by atoms with Crippen LogP contribution in [0.1, 0.15) is 29.9 Å². The maximum Gasteiger partial charge on any atom is 0.357 e. The minimum Gasteiger partial charge on any atom is -0.464 e. The second-order valence-electron chi connectivity index (χ2n) is 5.42. The molecule has 122 valence electrons. The van der Waals surface area contributed by atoms with E-state index in [-0.39, 0.29) is 11.1 Å². The van der Waals surface area contributed by atoms with Crippen LogP contribution in [0.3, 0.4) is 0 Å². The molecule has 0 fully saturated rings. The first-order chi connectivity index (χ1) is 10.6. The van der Waals surface area contributed by atoms with E-state index in [1.807, 2.05) is 0 Å². The smallest absolute Gasteiger partial charge is 0.357 e. The highest BCUT2D eigenvalue weighted by molar-refractivity contribution is 5.95. The van der Waals surface area contributed by atoms with Gasteiger partial charge in [0.1, 0.15) is 17.5 Å². The highest BCUT2D eigenvalue weighted by atomic mass is 19.1. The molecule has 0 atom stereocenters. The number of esters is 1. The molecule has 4 nitrogen and oxygen atoms in total. The number of hydrogen-bond donors (Lipinski definition) is 1. The molecule has 0 aliphatic rings. The molecule has 0 unspecified atom stereocenters. The molecule has 1 aromatic heterocycles. The summed E-state index contributed by atoms with van der Waals surface area (Å²) in [7, 11) is 1.07. The van der Waals surface area contributed by atoms with E-state index < -0.39 is 40.3 Å². The van der Waals surface area contributed by atoms with Crippen LogP contribution in [0.4, 0.5) is 13.2 Å². The highest BCUT2D eigenvalue weighted by Crippen LogP contribution is 2.32. The van der Waals surface area contributed by atoms with Crippen LogP contribution in [0.5, 0.6) is 0 Å². The molecule has 1 heterocycles. The van der Waals surface area contributed by atoms with Gasteiger partial charge >= 0.3 is 5.97 Å². The SMILES string of the molecule is COC(=O)c1ncc(F)cc1-c1c(F)cc(C(C)(C)O)cc1F. The average Bonchev–Trinajstić information content (AvgIpc) is 2.45. The van der Waals surface area contributed by atoms with E-state index in [2.05, 4.69) is 9.72 Å². The second kappa shape index (κ2) is 6.00. The van der Waals surface area contributed by atoms with Crippen LogP contribution in [0, 0.1) is 17.5 Å². The topological polar surface area (TPSA) is 59.4 Å². The third-order valence-corrected chi connectivity index (χ3v) is 3.25. The van der Waals surface area contributed by atoms with Gasteiger partial charge in [0.05, 0.1) is 24.5 Å². The van der Waals surface area contributed by atoms with Crippen LogP contribution in [0.15, 0.2) is 24.4 Å². The Morgan fingerprint density at radius 3 is 2.22 bits per heavy atom. The monoisotopic (exact) mass is 325 g/mol. The lowest BCUT2D eigenvalue weighted by Crippen LogP contribution is -2.17. The first-order valence-electron chi connectivity index (χ1n) is 6.61. The number of methoxy groups -OCH3 is 1. The molecule has 7 heteroatoms. The number of pyridine rings is 1.